The summed E-state index contributed by atoms with van der Waals surface area (Å²) in [4.78, 5) is 14.0. The van der Waals surface area contributed by atoms with E-state index in [1.807, 2.05) is 0 Å². The van der Waals surface area contributed by atoms with Crippen LogP contribution in [0.4, 0.5) is 13.2 Å². The largest absolute Gasteiger partial charge is 0.446 e. The fraction of sp³-hybridized carbons (Fsp3) is 0.462. The van der Waals surface area contributed by atoms with Crippen LogP contribution in [0.25, 0.3) is 0 Å². The third kappa shape index (κ3) is 4.42. The molecule has 1 aromatic rings. The van der Waals surface area contributed by atoms with Crippen molar-refractivity contribution >= 4 is 17.7 Å². The molecule has 1 N–H and O–H groups in total. The van der Waals surface area contributed by atoms with E-state index in [1.54, 1.807) is 4.90 Å². The molecule has 0 aliphatic carbocycles. The first kappa shape index (κ1) is 15.2. The predicted molar refractivity (Wildman–Crippen MR) is 71.7 cm³/mol. The molecule has 0 spiro atoms. The van der Waals surface area contributed by atoms with Crippen LogP contribution < -0.4 is 5.32 Å². The van der Waals surface area contributed by atoms with E-state index in [-0.39, 0.29) is 22.6 Å². The molecular weight excluding hydrogens is 289 g/mol. The van der Waals surface area contributed by atoms with Crippen molar-refractivity contribution in [1.82, 2.24) is 10.2 Å². The maximum atomic E-state index is 12.2. The van der Waals surface area contributed by atoms with Gasteiger partial charge in [0.2, 0.25) is 0 Å². The molecule has 20 heavy (non-hydrogen) atoms. The van der Waals surface area contributed by atoms with Crippen molar-refractivity contribution in [3.63, 3.8) is 0 Å². The second-order valence-electron chi connectivity index (χ2n) is 4.47. The number of nitrogens with zero attached hydrogens (tertiary/aromatic N) is 1. The van der Waals surface area contributed by atoms with Gasteiger partial charge in [0, 0.05) is 30.1 Å². The Balaban J connectivity index is 2.03. The molecule has 1 fully saturated rings. The lowest BCUT2D eigenvalue weighted by molar-refractivity contribution is -0.0328. The van der Waals surface area contributed by atoms with Gasteiger partial charge in [-0.3, -0.25) is 4.79 Å². The van der Waals surface area contributed by atoms with E-state index in [0.29, 0.717) is 18.7 Å². The zero-order valence-electron chi connectivity index (χ0n) is 10.7. The van der Waals surface area contributed by atoms with Crippen LogP contribution in [0.3, 0.4) is 0 Å². The molecule has 1 saturated heterocycles. The highest BCUT2D eigenvalue weighted by atomic mass is 32.2. The fourth-order valence-corrected chi connectivity index (χ4v) is 2.57. The van der Waals surface area contributed by atoms with Gasteiger partial charge in [-0.15, -0.1) is 0 Å². The topological polar surface area (TPSA) is 32.3 Å². The van der Waals surface area contributed by atoms with E-state index in [0.717, 1.165) is 19.5 Å². The Morgan fingerprint density at radius 2 is 1.85 bits per heavy atom. The predicted octanol–water partition coefficient (Wildman–Crippen LogP) is 2.73. The lowest BCUT2D eigenvalue weighted by Crippen LogP contribution is -2.34. The SMILES string of the molecule is O=C(c1ccc(SC(F)(F)F)cc1)N1CCCNCC1. The number of halogens is 3. The summed E-state index contributed by atoms with van der Waals surface area (Å²) in [7, 11) is 0. The highest BCUT2D eigenvalue weighted by Gasteiger charge is 2.29. The van der Waals surface area contributed by atoms with Crippen LogP contribution in [-0.4, -0.2) is 42.5 Å². The second-order valence-corrected chi connectivity index (χ2v) is 5.61. The van der Waals surface area contributed by atoms with Gasteiger partial charge in [-0.05, 0) is 49.0 Å². The number of carbonyl (C=O) groups is 1. The van der Waals surface area contributed by atoms with E-state index in [1.165, 1.54) is 24.3 Å². The highest BCUT2D eigenvalue weighted by Crippen LogP contribution is 2.36. The minimum atomic E-state index is -4.30. The Labute approximate surface area is 119 Å². The average molecular weight is 304 g/mol. The lowest BCUT2D eigenvalue weighted by atomic mass is 10.2. The molecule has 110 valence electrons. The molecule has 1 amide bonds. The molecule has 1 aromatic carbocycles. The molecule has 0 saturated carbocycles. The molecule has 1 aliphatic heterocycles. The summed E-state index contributed by atoms with van der Waals surface area (Å²) in [5.74, 6) is -0.128. The monoisotopic (exact) mass is 304 g/mol. The van der Waals surface area contributed by atoms with Crippen LogP contribution in [0.2, 0.25) is 0 Å². The number of rotatable bonds is 2. The van der Waals surface area contributed by atoms with E-state index in [2.05, 4.69) is 5.32 Å². The molecule has 1 aliphatic rings. The third-order valence-corrected chi connectivity index (χ3v) is 3.70. The van der Waals surface area contributed by atoms with Crippen LogP contribution in [0, 0.1) is 0 Å². The maximum Gasteiger partial charge on any atom is 0.446 e. The Kier molecular flexibility index (Phi) is 4.93. The quantitative estimate of drug-likeness (QED) is 0.853. The first-order valence-corrected chi connectivity index (χ1v) is 7.13. The maximum absolute atomic E-state index is 12.2. The minimum absolute atomic E-state index is 0.0894. The van der Waals surface area contributed by atoms with Crippen molar-refractivity contribution in [3.8, 4) is 0 Å². The zero-order chi connectivity index (χ0) is 14.6. The van der Waals surface area contributed by atoms with Crippen molar-refractivity contribution < 1.29 is 18.0 Å². The zero-order valence-corrected chi connectivity index (χ0v) is 11.6. The Morgan fingerprint density at radius 1 is 1.15 bits per heavy atom. The summed E-state index contributed by atoms with van der Waals surface area (Å²) in [5, 5.41) is 3.20. The summed E-state index contributed by atoms with van der Waals surface area (Å²) in [6, 6.07) is 5.58. The molecule has 0 atom stereocenters. The van der Waals surface area contributed by atoms with Gasteiger partial charge < -0.3 is 10.2 Å². The molecule has 1 heterocycles. The summed E-state index contributed by atoms with van der Waals surface area (Å²) >= 11 is -0.175. The molecule has 0 unspecified atom stereocenters. The van der Waals surface area contributed by atoms with Gasteiger partial charge in [-0.25, -0.2) is 0 Å². The summed E-state index contributed by atoms with van der Waals surface area (Å²) in [5.41, 5.74) is -3.87. The van der Waals surface area contributed by atoms with E-state index in [4.69, 9.17) is 0 Å². The van der Waals surface area contributed by atoms with Crippen molar-refractivity contribution in [2.24, 2.45) is 0 Å². The number of alkyl halides is 3. The normalized spacial score (nSPS) is 16.9. The first-order chi connectivity index (χ1) is 9.46. The Morgan fingerprint density at radius 3 is 2.50 bits per heavy atom. The van der Waals surface area contributed by atoms with Crippen molar-refractivity contribution in [2.75, 3.05) is 26.2 Å². The molecule has 3 nitrogen and oxygen atoms in total. The van der Waals surface area contributed by atoms with Crippen molar-refractivity contribution in [2.45, 2.75) is 16.8 Å². The number of hydrogen-bond donors (Lipinski definition) is 1. The smallest absolute Gasteiger partial charge is 0.337 e. The van der Waals surface area contributed by atoms with E-state index in [9.17, 15) is 18.0 Å². The van der Waals surface area contributed by atoms with E-state index < -0.39 is 5.51 Å². The van der Waals surface area contributed by atoms with Gasteiger partial charge in [0.1, 0.15) is 0 Å². The van der Waals surface area contributed by atoms with Gasteiger partial charge in [0.25, 0.3) is 5.91 Å². The third-order valence-electron chi connectivity index (χ3n) is 2.96. The van der Waals surface area contributed by atoms with Gasteiger partial charge >= 0.3 is 5.51 Å². The Hall–Kier alpha value is -1.21. The van der Waals surface area contributed by atoms with Gasteiger partial charge in [0.05, 0.1) is 0 Å². The summed E-state index contributed by atoms with van der Waals surface area (Å²) in [6.07, 6.45) is 0.883. The highest BCUT2D eigenvalue weighted by molar-refractivity contribution is 8.00. The van der Waals surface area contributed by atoms with Crippen LogP contribution >= 0.6 is 11.8 Å². The molecule has 2 rings (SSSR count). The Bertz CT molecular complexity index is 454. The molecular formula is C13H15F3N2OS. The number of benzene rings is 1. The standard InChI is InChI=1S/C13H15F3N2OS/c14-13(15,16)20-11-4-2-10(3-5-11)12(19)18-8-1-6-17-7-9-18/h2-5,17H,1,6-9H2. The number of carbonyl (C=O) groups excluding carboxylic acids is 1. The molecule has 0 aromatic heterocycles. The molecule has 0 radical (unpaired) electrons. The first-order valence-electron chi connectivity index (χ1n) is 6.31. The van der Waals surface area contributed by atoms with Gasteiger partial charge in [-0.1, -0.05) is 0 Å². The van der Waals surface area contributed by atoms with Gasteiger partial charge in [0.15, 0.2) is 0 Å². The van der Waals surface area contributed by atoms with Crippen LogP contribution in [0.5, 0.6) is 0 Å². The lowest BCUT2D eigenvalue weighted by Gasteiger charge is -2.20. The van der Waals surface area contributed by atoms with Crippen molar-refractivity contribution in [1.29, 1.82) is 0 Å². The van der Waals surface area contributed by atoms with Crippen molar-refractivity contribution in [3.05, 3.63) is 29.8 Å². The summed E-state index contributed by atoms with van der Waals surface area (Å²) in [6.45, 7) is 2.92. The van der Waals surface area contributed by atoms with Crippen LogP contribution in [0.1, 0.15) is 16.8 Å². The number of hydrogen-bond acceptors (Lipinski definition) is 3. The average Bonchev–Trinajstić information content (AvgIpc) is 2.66. The minimum Gasteiger partial charge on any atom is -0.337 e. The molecule has 7 heteroatoms. The number of thioether (sulfide) groups is 1. The number of nitrogens with one attached hydrogen (secondary N) is 1. The molecule has 0 bridgehead atoms. The number of amides is 1. The summed E-state index contributed by atoms with van der Waals surface area (Å²) < 4.78 is 36.7. The fourth-order valence-electron chi connectivity index (χ4n) is 2.03. The van der Waals surface area contributed by atoms with E-state index >= 15 is 0 Å². The van der Waals surface area contributed by atoms with Crippen LogP contribution in [0.15, 0.2) is 29.2 Å². The van der Waals surface area contributed by atoms with Crippen LogP contribution in [-0.2, 0) is 0 Å². The second kappa shape index (κ2) is 6.49. The van der Waals surface area contributed by atoms with Gasteiger partial charge in [-0.2, -0.15) is 13.2 Å².